The highest BCUT2D eigenvalue weighted by Crippen LogP contribution is 2.58. The monoisotopic (exact) mass is 390 g/mol. The smallest absolute Gasteiger partial charge is 0.339 e. The Morgan fingerprint density at radius 2 is 2.07 bits per heavy atom. The molecule has 152 valence electrons. The van der Waals surface area contributed by atoms with Gasteiger partial charge in [0.1, 0.15) is 12.2 Å². The van der Waals surface area contributed by atoms with Crippen molar-refractivity contribution < 1.29 is 34.0 Å². The number of hydrogen-bond acceptors (Lipinski definition) is 7. The van der Waals surface area contributed by atoms with E-state index in [0.29, 0.717) is 24.8 Å². The van der Waals surface area contributed by atoms with Gasteiger partial charge in [-0.2, -0.15) is 0 Å². The topological polar surface area (TPSA) is 102 Å². The number of esters is 2. The lowest BCUT2D eigenvalue weighted by Crippen LogP contribution is -2.60. The molecular weight excluding hydrogens is 364 g/mol. The minimum Gasteiger partial charge on any atom is -0.459 e. The van der Waals surface area contributed by atoms with Crippen molar-refractivity contribution in [2.75, 3.05) is 6.61 Å². The zero-order valence-corrected chi connectivity index (χ0v) is 15.9. The molecule has 0 amide bonds. The average molecular weight is 390 g/mol. The maximum absolute atomic E-state index is 12.8. The first kappa shape index (κ1) is 19.4. The van der Waals surface area contributed by atoms with E-state index in [0.717, 1.165) is 5.57 Å². The molecule has 4 fully saturated rings. The lowest BCUT2D eigenvalue weighted by molar-refractivity contribution is -0.228. The van der Waals surface area contributed by atoms with Crippen LogP contribution in [0.4, 0.5) is 0 Å². The SMILES string of the molecule is C=C(CO)C(=O)O[C@H]1CC(=C)[C@@H]2C[C@H](O)C(=C)[C@@H]2[C@H]2OC(=O)[C@]3(C[C@@H](C)O3)[C@@H]21. The molecule has 0 aromatic rings. The summed E-state index contributed by atoms with van der Waals surface area (Å²) in [5, 5.41) is 19.5. The van der Waals surface area contributed by atoms with Crippen LogP contribution in [0.2, 0.25) is 0 Å². The van der Waals surface area contributed by atoms with Crippen molar-refractivity contribution in [3.63, 3.8) is 0 Å². The van der Waals surface area contributed by atoms with Crippen LogP contribution >= 0.6 is 0 Å². The summed E-state index contributed by atoms with van der Waals surface area (Å²) < 4.78 is 17.4. The fourth-order valence-electron chi connectivity index (χ4n) is 5.45. The molecule has 2 aliphatic heterocycles. The van der Waals surface area contributed by atoms with Crippen molar-refractivity contribution in [3.05, 3.63) is 36.5 Å². The van der Waals surface area contributed by atoms with Gasteiger partial charge in [-0.25, -0.2) is 9.59 Å². The van der Waals surface area contributed by atoms with E-state index in [1.54, 1.807) is 0 Å². The van der Waals surface area contributed by atoms with Crippen LogP contribution < -0.4 is 0 Å². The summed E-state index contributed by atoms with van der Waals surface area (Å²) in [6.07, 6.45) is -0.856. The summed E-state index contributed by atoms with van der Waals surface area (Å²) >= 11 is 0. The van der Waals surface area contributed by atoms with Gasteiger partial charge in [-0.3, -0.25) is 0 Å². The van der Waals surface area contributed by atoms with E-state index >= 15 is 0 Å². The Balaban J connectivity index is 1.74. The van der Waals surface area contributed by atoms with E-state index in [2.05, 4.69) is 19.7 Å². The third-order valence-electron chi connectivity index (χ3n) is 6.73. The van der Waals surface area contributed by atoms with Crippen molar-refractivity contribution in [1.29, 1.82) is 0 Å². The molecule has 8 atom stereocenters. The molecule has 0 bridgehead atoms. The van der Waals surface area contributed by atoms with Gasteiger partial charge >= 0.3 is 11.9 Å². The van der Waals surface area contributed by atoms with Gasteiger partial charge < -0.3 is 24.4 Å². The van der Waals surface area contributed by atoms with Gasteiger partial charge in [0.25, 0.3) is 0 Å². The van der Waals surface area contributed by atoms with Crippen molar-refractivity contribution in [1.82, 2.24) is 0 Å². The zero-order chi connectivity index (χ0) is 20.4. The molecule has 1 spiro atoms. The van der Waals surface area contributed by atoms with Crippen LogP contribution in [0.5, 0.6) is 0 Å². The fraction of sp³-hybridized carbons (Fsp3) is 0.619. The van der Waals surface area contributed by atoms with Crippen molar-refractivity contribution in [3.8, 4) is 0 Å². The number of rotatable bonds is 3. The molecule has 2 saturated carbocycles. The Morgan fingerprint density at radius 1 is 1.39 bits per heavy atom. The first-order valence-corrected chi connectivity index (χ1v) is 9.62. The molecule has 0 aromatic heterocycles. The molecule has 4 aliphatic rings. The average Bonchev–Trinajstić information content (AvgIpc) is 3.04. The third kappa shape index (κ3) is 2.60. The number of aliphatic hydroxyl groups excluding tert-OH is 2. The number of ether oxygens (including phenoxy) is 3. The van der Waals surface area contributed by atoms with Gasteiger partial charge in [-0.1, -0.05) is 25.3 Å². The zero-order valence-electron chi connectivity index (χ0n) is 15.9. The van der Waals surface area contributed by atoms with Crippen LogP contribution in [-0.4, -0.2) is 58.8 Å². The second-order valence-corrected chi connectivity index (χ2v) is 8.44. The van der Waals surface area contributed by atoms with Crippen LogP contribution in [0.1, 0.15) is 26.2 Å². The summed E-state index contributed by atoms with van der Waals surface area (Å²) in [6, 6.07) is 0. The van der Waals surface area contributed by atoms with E-state index in [1.807, 2.05) is 6.92 Å². The highest BCUT2D eigenvalue weighted by molar-refractivity contribution is 5.88. The van der Waals surface area contributed by atoms with Crippen molar-refractivity contribution in [2.24, 2.45) is 17.8 Å². The summed E-state index contributed by atoms with van der Waals surface area (Å²) in [5.41, 5.74) is 0.209. The lowest BCUT2D eigenvalue weighted by atomic mass is 9.71. The molecule has 28 heavy (non-hydrogen) atoms. The Kier molecular flexibility index (Phi) is 4.52. The minimum absolute atomic E-state index is 0.0615. The molecule has 2 saturated heterocycles. The minimum atomic E-state index is -1.17. The quantitative estimate of drug-likeness (QED) is 0.422. The molecule has 0 radical (unpaired) electrons. The molecule has 2 N–H and O–H groups in total. The van der Waals surface area contributed by atoms with Gasteiger partial charge in [0, 0.05) is 18.8 Å². The number of aliphatic hydroxyl groups is 2. The molecular formula is C21H26O7. The molecule has 7 nitrogen and oxygen atoms in total. The van der Waals surface area contributed by atoms with E-state index in [1.165, 1.54) is 0 Å². The van der Waals surface area contributed by atoms with E-state index in [9.17, 15) is 19.8 Å². The molecule has 0 unspecified atom stereocenters. The normalized spacial score (nSPS) is 44.4. The maximum atomic E-state index is 12.8. The first-order chi connectivity index (χ1) is 13.2. The maximum Gasteiger partial charge on any atom is 0.339 e. The number of carbonyl (C=O) groups excluding carboxylic acids is 2. The van der Waals surface area contributed by atoms with Crippen molar-refractivity contribution in [2.45, 2.75) is 56.2 Å². The van der Waals surface area contributed by atoms with Gasteiger partial charge in [0.2, 0.25) is 0 Å². The molecule has 7 heteroatoms. The molecule has 2 heterocycles. The van der Waals surface area contributed by atoms with Crippen LogP contribution in [-0.2, 0) is 23.8 Å². The highest BCUT2D eigenvalue weighted by Gasteiger charge is 2.70. The standard InChI is InChI=1S/C21H26O7/c1-9-5-15(26-19(24)10(2)8-22)17-18(16-12(4)14(23)6-13(9)16)27-20(25)21(17)7-11(3)28-21/h11,13-18,22-23H,1-2,4-8H2,3H3/t11-,13+,14+,15+,16+,17-,18-,21+/m1/s1. The highest BCUT2D eigenvalue weighted by atomic mass is 16.6. The van der Waals surface area contributed by atoms with Crippen LogP contribution in [0, 0.1) is 17.8 Å². The lowest BCUT2D eigenvalue weighted by Gasteiger charge is -2.46. The Hall–Kier alpha value is -1.96. The largest absolute Gasteiger partial charge is 0.459 e. The van der Waals surface area contributed by atoms with E-state index < -0.39 is 48.4 Å². The summed E-state index contributed by atoms with van der Waals surface area (Å²) in [4.78, 5) is 25.2. The predicted molar refractivity (Wildman–Crippen MR) is 97.9 cm³/mol. The number of hydrogen-bond donors (Lipinski definition) is 2. The van der Waals surface area contributed by atoms with Gasteiger partial charge in [0.15, 0.2) is 5.60 Å². The second-order valence-electron chi connectivity index (χ2n) is 8.44. The fourth-order valence-corrected chi connectivity index (χ4v) is 5.45. The number of carbonyl (C=O) groups is 2. The Bertz CT molecular complexity index is 763. The van der Waals surface area contributed by atoms with Gasteiger partial charge in [-0.05, 0) is 24.8 Å². The van der Waals surface area contributed by atoms with Gasteiger partial charge in [-0.15, -0.1) is 0 Å². The predicted octanol–water partition coefficient (Wildman–Crippen LogP) is 1.05. The summed E-state index contributed by atoms with van der Waals surface area (Å²) in [7, 11) is 0. The van der Waals surface area contributed by atoms with Crippen LogP contribution in [0.15, 0.2) is 36.5 Å². The first-order valence-electron chi connectivity index (χ1n) is 9.62. The third-order valence-corrected chi connectivity index (χ3v) is 6.73. The van der Waals surface area contributed by atoms with Gasteiger partial charge in [0.05, 0.1) is 30.3 Å². The second kappa shape index (κ2) is 6.54. The summed E-state index contributed by atoms with van der Waals surface area (Å²) in [5.74, 6) is -2.12. The molecule has 0 aromatic carbocycles. The molecule has 4 rings (SSSR count). The van der Waals surface area contributed by atoms with Crippen molar-refractivity contribution >= 4 is 11.9 Å². The van der Waals surface area contributed by atoms with Crippen LogP contribution in [0.25, 0.3) is 0 Å². The molecule has 2 aliphatic carbocycles. The van der Waals surface area contributed by atoms with Crippen LogP contribution in [0.3, 0.4) is 0 Å². The number of fused-ring (bicyclic) bond motifs is 4. The Labute approximate surface area is 163 Å². The van der Waals surface area contributed by atoms with E-state index in [4.69, 9.17) is 14.2 Å². The summed E-state index contributed by atoms with van der Waals surface area (Å²) in [6.45, 7) is 13.1. The Morgan fingerprint density at radius 3 is 2.68 bits per heavy atom. The van der Waals surface area contributed by atoms with E-state index in [-0.39, 0.29) is 23.5 Å².